The summed E-state index contributed by atoms with van der Waals surface area (Å²) in [6, 6.07) is 3.75. The third-order valence-electron chi connectivity index (χ3n) is 7.48. The Labute approximate surface area is 219 Å². The van der Waals surface area contributed by atoms with Gasteiger partial charge in [-0.3, -0.25) is 4.79 Å². The maximum atomic E-state index is 15.1. The third kappa shape index (κ3) is 4.70. The van der Waals surface area contributed by atoms with Crippen molar-refractivity contribution < 1.29 is 23.5 Å². The van der Waals surface area contributed by atoms with Gasteiger partial charge in [-0.15, -0.1) is 0 Å². The molecule has 3 aliphatic rings. The molecule has 3 aromatic heterocycles. The second kappa shape index (κ2) is 10.1. The largest absolute Gasteiger partial charge is 0.474 e. The number of ether oxygens (including phenoxy) is 2. The lowest BCUT2D eigenvalue weighted by atomic mass is 10.1. The van der Waals surface area contributed by atoms with E-state index in [1.807, 2.05) is 17.0 Å². The van der Waals surface area contributed by atoms with Crippen molar-refractivity contribution in [2.45, 2.75) is 44.3 Å². The Morgan fingerprint density at radius 1 is 1.11 bits per heavy atom. The molecule has 0 N–H and O–H groups in total. The summed E-state index contributed by atoms with van der Waals surface area (Å²) in [6.45, 7) is 1.90. The van der Waals surface area contributed by atoms with Gasteiger partial charge >= 0.3 is 6.09 Å². The number of nitrogens with zero attached hydrogens (tertiary/aromatic N) is 7. The van der Waals surface area contributed by atoms with E-state index in [4.69, 9.17) is 9.47 Å². The van der Waals surface area contributed by atoms with Crippen molar-refractivity contribution in [2.24, 2.45) is 0 Å². The van der Waals surface area contributed by atoms with Gasteiger partial charge < -0.3 is 24.2 Å². The molecule has 3 fully saturated rings. The molecule has 6 rings (SSSR count). The van der Waals surface area contributed by atoms with Crippen molar-refractivity contribution in [3.05, 3.63) is 36.5 Å². The van der Waals surface area contributed by atoms with E-state index in [9.17, 15) is 9.59 Å². The van der Waals surface area contributed by atoms with Gasteiger partial charge in [-0.2, -0.15) is 5.10 Å². The predicted octanol–water partition coefficient (Wildman–Crippen LogP) is 2.74. The zero-order valence-electron chi connectivity index (χ0n) is 21.3. The monoisotopic (exact) mass is 523 g/mol. The normalized spacial score (nSPS) is 20.5. The molecule has 0 aromatic carbocycles. The Hall–Kier alpha value is -3.96. The topological polar surface area (TPSA) is 105 Å². The lowest BCUT2D eigenvalue weighted by molar-refractivity contribution is -0.126. The molecule has 3 aromatic rings. The number of aromatic nitrogens is 4. The highest BCUT2D eigenvalue weighted by Crippen LogP contribution is 2.34. The average Bonchev–Trinajstić information content (AvgIpc) is 3.65. The van der Waals surface area contributed by atoms with Crippen LogP contribution in [0, 0.1) is 5.82 Å². The smallest absolute Gasteiger partial charge is 0.410 e. The number of halogens is 1. The number of likely N-dealkylation sites (N-methyl/N-ethyl adjacent to an activating group) is 1. The van der Waals surface area contributed by atoms with E-state index >= 15 is 4.39 Å². The SMILES string of the molecule is CN1C[C@@H](OC(=O)N2CCN(c3nc4c(-c5cccnc5OC5CCCC5)cnn4cc3F)CC2)CC1=O. The van der Waals surface area contributed by atoms with Crippen molar-refractivity contribution in [1.29, 1.82) is 0 Å². The molecule has 0 spiro atoms. The minimum absolute atomic E-state index is 0.0349. The zero-order valence-corrected chi connectivity index (χ0v) is 21.3. The van der Waals surface area contributed by atoms with Crippen LogP contribution >= 0.6 is 0 Å². The van der Waals surface area contributed by atoms with Crippen LogP contribution in [0.4, 0.5) is 15.0 Å². The van der Waals surface area contributed by atoms with Gasteiger partial charge in [0.2, 0.25) is 11.8 Å². The van der Waals surface area contributed by atoms with Gasteiger partial charge in [0.1, 0.15) is 12.2 Å². The first-order valence-electron chi connectivity index (χ1n) is 13.1. The summed E-state index contributed by atoms with van der Waals surface area (Å²) in [7, 11) is 1.69. The number of carbonyl (C=O) groups is 2. The maximum absolute atomic E-state index is 15.1. The lowest BCUT2D eigenvalue weighted by Gasteiger charge is -2.35. The number of hydrogen-bond donors (Lipinski definition) is 0. The van der Waals surface area contributed by atoms with Gasteiger partial charge in [0.25, 0.3) is 0 Å². The molecule has 11 nitrogen and oxygen atoms in total. The number of amides is 2. The summed E-state index contributed by atoms with van der Waals surface area (Å²) < 4.78 is 28.3. The molecule has 5 heterocycles. The lowest BCUT2D eigenvalue weighted by Crippen LogP contribution is -2.50. The summed E-state index contributed by atoms with van der Waals surface area (Å²) in [6.07, 6.45) is 8.45. The first kappa shape index (κ1) is 24.4. The van der Waals surface area contributed by atoms with Crippen LogP contribution in [0.25, 0.3) is 16.8 Å². The molecule has 0 radical (unpaired) electrons. The predicted molar refractivity (Wildman–Crippen MR) is 135 cm³/mol. The van der Waals surface area contributed by atoms with Crippen molar-refractivity contribution in [1.82, 2.24) is 29.4 Å². The molecule has 0 bridgehead atoms. The number of likely N-dealkylation sites (tertiary alicyclic amines) is 1. The molecule has 200 valence electrons. The van der Waals surface area contributed by atoms with Gasteiger partial charge in [0.05, 0.1) is 30.9 Å². The fourth-order valence-electron chi connectivity index (χ4n) is 5.37. The summed E-state index contributed by atoms with van der Waals surface area (Å²) >= 11 is 0. The molecule has 2 saturated heterocycles. The maximum Gasteiger partial charge on any atom is 0.410 e. The van der Waals surface area contributed by atoms with E-state index in [1.54, 1.807) is 29.2 Å². The molecule has 1 aliphatic carbocycles. The third-order valence-corrected chi connectivity index (χ3v) is 7.48. The van der Waals surface area contributed by atoms with Crippen LogP contribution in [0.1, 0.15) is 32.1 Å². The second-order valence-corrected chi connectivity index (χ2v) is 10.1. The van der Waals surface area contributed by atoms with Gasteiger partial charge in [0.15, 0.2) is 17.3 Å². The summed E-state index contributed by atoms with van der Waals surface area (Å²) in [4.78, 5) is 38.4. The number of pyridine rings is 1. The number of hydrogen-bond acceptors (Lipinski definition) is 8. The van der Waals surface area contributed by atoms with Crippen LogP contribution in [0.3, 0.4) is 0 Å². The first-order chi connectivity index (χ1) is 18.5. The number of anilines is 1. The summed E-state index contributed by atoms with van der Waals surface area (Å²) in [5.74, 6) is 0.207. The molecule has 12 heteroatoms. The van der Waals surface area contributed by atoms with Gasteiger partial charge in [-0.25, -0.2) is 23.7 Å². The van der Waals surface area contributed by atoms with Crippen molar-refractivity contribution >= 4 is 23.5 Å². The minimum atomic E-state index is -0.496. The Morgan fingerprint density at radius 2 is 1.89 bits per heavy atom. The van der Waals surface area contributed by atoms with E-state index in [2.05, 4.69) is 15.1 Å². The Kier molecular flexibility index (Phi) is 6.46. The molecule has 0 unspecified atom stereocenters. The summed E-state index contributed by atoms with van der Waals surface area (Å²) in [5.41, 5.74) is 1.98. The van der Waals surface area contributed by atoms with E-state index in [0.717, 1.165) is 31.2 Å². The molecule has 2 amide bonds. The van der Waals surface area contributed by atoms with E-state index < -0.39 is 18.0 Å². The van der Waals surface area contributed by atoms with Crippen LogP contribution in [0.5, 0.6) is 5.88 Å². The first-order valence-corrected chi connectivity index (χ1v) is 13.1. The molecular weight excluding hydrogens is 493 g/mol. The number of carbonyl (C=O) groups excluding carboxylic acids is 2. The fraction of sp³-hybridized carbons (Fsp3) is 0.500. The number of rotatable bonds is 5. The molecule has 2 aliphatic heterocycles. The van der Waals surface area contributed by atoms with Gasteiger partial charge in [0, 0.05) is 45.0 Å². The second-order valence-electron chi connectivity index (χ2n) is 10.1. The van der Waals surface area contributed by atoms with Crippen LogP contribution in [-0.2, 0) is 9.53 Å². The Balaban J connectivity index is 1.18. The molecular formula is C26H30FN7O4. The van der Waals surface area contributed by atoms with Crippen molar-refractivity contribution in [2.75, 3.05) is 44.7 Å². The van der Waals surface area contributed by atoms with Gasteiger partial charge in [-0.1, -0.05) is 0 Å². The van der Waals surface area contributed by atoms with Crippen molar-refractivity contribution in [3.8, 4) is 17.0 Å². The summed E-state index contributed by atoms with van der Waals surface area (Å²) in [5, 5.41) is 4.33. The fourth-order valence-corrected chi connectivity index (χ4v) is 5.37. The van der Waals surface area contributed by atoms with Crippen LogP contribution in [0.2, 0.25) is 0 Å². The standard InChI is InChI=1S/C26H30FN7O4/c1-31-15-18(13-22(31)35)38-26(36)33-11-9-32(10-12-33)24-21(27)16-34-23(30-24)20(14-29-34)19-7-4-8-28-25(19)37-17-5-2-3-6-17/h4,7-8,14,16-18H,2-3,5-6,9-13,15H2,1H3/t18-/m0/s1. The van der Waals surface area contributed by atoms with Gasteiger partial charge in [-0.05, 0) is 37.8 Å². The molecule has 38 heavy (non-hydrogen) atoms. The highest BCUT2D eigenvalue weighted by Gasteiger charge is 2.32. The van der Waals surface area contributed by atoms with Crippen LogP contribution in [0.15, 0.2) is 30.7 Å². The Morgan fingerprint density at radius 3 is 2.63 bits per heavy atom. The number of piperazine rings is 1. The number of fused-ring (bicyclic) bond motifs is 1. The Bertz CT molecular complexity index is 1350. The average molecular weight is 524 g/mol. The quantitative estimate of drug-likeness (QED) is 0.503. The van der Waals surface area contributed by atoms with Crippen molar-refractivity contribution in [3.63, 3.8) is 0 Å². The minimum Gasteiger partial charge on any atom is -0.474 e. The highest BCUT2D eigenvalue weighted by atomic mass is 19.1. The van der Waals surface area contributed by atoms with Crippen LogP contribution in [-0.4, -0.2) is 93.4 Å². The van der Waals surface area contributed by atoms with Crippen LogP contribution < -0.4 is 9.64 Å². The molecule has 1 atom stereocenters. The molecule has 1 saturated carbocycles. The van der Waals surface area contributed by atoms with E-state index in [1.165, 1.54) is 10.7 Å². The van der Waals surface area contributed by atoms with E-state index in [-0.39, 0.29) is 24.2 Å². The zero-order chi connectivity index (χ0) is 26.2. The highest BCUT2D eigenvalue weighted by molar-refractivity contribution is 5.81. The van der Waals surface area contributed by atoms with E-state index in [0.29, 0.717) is 49.8 Å².